The summed E-state index contributed by atoms with van der Waals surface area (Å²) in [5.74, 6) is 0. The van der Waals surface area contributed by atoms with Crippen molar-refractivity contribution in [2.24, 2.45) is 4.99 Å². The van der Waals surface area contributed by atoms with E-state index in [-0.39, 0.29) is 0 Å². The maximum atomic E-state index is 11.7. The number of hydrogen-bond acceptors (Lipinski definition) is 3. The lowest BCUT2D eigenvalue weighted by Gasteiger charge is -2.29. The third kappa shape index (κ3) is 7.79. The van der Waals surface area contributed by atoms with Gasteiger partial charge in [0.25, 0.3) is 0 Å². The molecule has 0 aromatic carbocycles. The molecule has 142 valence electrons. The fraction of sp³-hybridized carbons (Fsp3) is 0.455. The number of hydrogen-bond donors (Lipinski definition) is 0. The minimum absolute atomic E-state index is 0.431. The van der Waals surface area contributed by atoms with Crippen molar-refractivity contribution in [2.45, 2.75) is 45.6 Å². The van der Waals surface area contributed by atoms with Gasteiger partial charge in [-0.2, -0.15) is 0 Å². The maximum Gasteiger partial charge on any atom is 0.152 e. The molecule has 0 aliphatic carbocycles. The van der Waals surface area contributed by atoms with Gasteiger partial charge in [0.2, 0.25) is 0 Å². The standard InChI is InChI=1S/C22H32N2O2/c1-5-8-11-19(9-6-2)16-20(17-25)22(10-7-3)23-18-24(4)21-12-14-26-15-13-21/h5-7,9-10,16-18,21H,1,8,11-15H2,2-4H3/b9-6+,10-7+,19-16+,22-20-,23-18?. The Balaban J connectivity index is 3.07. The molecular weight excluding hydrogens is 324 g/mol. The van der Waals surface area contributed by atoms with Crippen molar-refractivity contribution < 1.29 is 9.53 Å². The number of allylic oxidation sites excluding steroid dienone is 8. The molecule has 0 bridgehead atoms. The fourth-order valence-electron chi connectivity index (χ4n) is 2.77. The van der Waals surface area contributed by atoms with Crippen molar-refractivity contribution >= 4 is 12.6 Å². The van der Waals surface area contributed by atoms with Gasteiger partial charge in [-0.05, 0) is 57.3 Å². The predicted molar refractivity (Wildman–Crippen MR) is 110 cm³/mol. The van der Waals surface area contributed by atoms with Crippen molar-refractivity contribution in [3.8, 4) is 0 Å². The maximum absolute atomic E-state index is 11.7. The number of carbonyl (C=O) groups excluding carboxylic acids is 1. The molecule has 0 N–H and O–H groups in total. The van der Waals surface area contributed by atoms with Crippen molar-refractivity contribution in [3.05, 3.63) is 59.9 Å². The highest BCUT2D eigenvalue weighted by Crippen LogP contribution is 2.16. The summed E-state index contributed by atoms with van der Waals surface area (Å²) in [6.07, 6.45) is 18.0. The Bertz CT molecular complexity index is 591. The average Bonchev–Trinajstić information content (AvgIpc) is 2.67. The zero-order chi connectivity index (χ0) is 19.2. The topological polar surface area (TPSA) is 41.9 Å². The molecule has 1 rings (SSSR count). The van der Waals surface area contributed by atoms with E-state index in [1.165, 1.54) is 0 Å². The van der Waals surface area contributed by atoms with Crippen molar-refractivity contribution in [1.29, 1.82) is 0 Å². The number of carbonyl (C=O) groups is 1. The summed E-state index contributed by atoms with van der Waals surface area (Å²) in [6.45, 7) is 9.25. The van der Waals surface area contributed by atoms with Crippen LogP contribution in [0.1, 0.15) is 39.5 Å². The summed E-state index contributed by atoms with van der Waals surface area (Å²) in [7, 11) is 2.03. The molecule has 0 unspecified atom stereocenters. The van der Waals surface area contributed by atoms with Crippen LogP contribution in [0.15, 0.2) is 64.9 Å². The molecule has 0 saturated carbocycles. The van der Waals surface area contributed by atoms with E-state index in [1.54, 1.807) is 0 Å². The molecule has 1 aliphatic rings. The lowest BCUT2D eigenvalue weighted by molar-refractivity contribution is -0.104. The monoisotopic (exact) mass is 356 g/mol. The first kappa shape index (κ1) is 21.8. The molecule has 0 spiro atoms. The summed E-state index contributed by atoms with van der Waals surface area (Å²) in [5.41, 5.74) is 2.34. The highest BCUT2D eigenvalue weighted by molar-refractivity contribution is 5.81. The van der Waals surface area contributed by atoms with E-state index in [1.807, 2.05) is 63.7 Å². The molecule has 0 aromatic heterocycles. The van der Waals surface area contributed by atoms with Gasteiger partial charge in [0.15, 0.2) is 6.29 Å². The van der Waals surface area contributed by atoms with Gasteiger partial charge < -0.3 is 9.64 Å². The molecule has 1 aliphatic heterocycles. The lowest BCUT2D eigenvalue weighted by Crippen LogP contribution is -2.35. The first-order chi connectivity index (χ1) is 12.7. The lowest BCUT2D eigenvalue weighted by atomic mass is 10.0. The van der Waals surface area contributed by atoms with Gasteiger partial charge in [0.1, 0.15) is 0 Å². The molecule has 0 aromatic rings. The zero-order valence-corrected chi connectivity index (χ0v) is 16.4. The molecular formula is C22H32N2O2. The second-order valence-electron chi connectivity index (χ2n) is 6.26. The van der Waals surface area contributed by atoms with Crippen molar-refractivity contribution in [3.63, 3.8) is 0 Å². The number of aldehydes is 1. The molecule has 4 heteroatoms. The van der Waals surface area contributed by atoms with E-state index in [2.05, 4.69) is 16.5 Å². The molecule has 1 fully saturated rings. The zero-order valence-electron chi connectivity index (χ0n) is 16.4. The number of ether oxygens (including phenoxy) is 1. The van der Waals surface area contributed by atoms with Gasteiger partial charge in [0.05, 0.1) is 12.0 Å². The van der Waals surface area contributed by atoms with E-state index in [0.717, 1.165) is 50.8 Å². The largest absolute Gasteiger partial charge is 0.381 e. The Morgan fingerprint density at radius 3 is 2.50 bits per heavy atom. The normalized spacial score (nSPS) is 17.9. The van der Waals surface area contributed by atoms with Crippen LogP contribution in [-0.4, -0.2) is 43.8 Å². The van der Waals surface area contributed by atoms with Gasteiger partial charge in [-0.3, -0.25) is 4.79 Å². The SMILES string of the molecule is C=CCCC(=C/C(C=O)=C(\C=C\C)N=CN(C)C1CCOCC1)/C=C/C. The number of aliphatic imine (C=N–C) groups is 1. The highest BCUT2D eigenvalue weighted by atomic mass is 16.5. The first-order valence-corrected chi connectivity index (χ1v) is 9.26. The second-order valence-corrected chi connectivity index (χ2v) is 6.26. The van der Waals surface area contributed by atoms with Crippen LogP contribution in [0.3, 0.4) is 0 Å². The molecule has 26 heavy (non-hydrogen) atoms. The number of rotatable bonds is 10. The average molecular weight is 357 g/mol. The summed E-state index contributed by atoms with van der Waals surface area (Å²) < 4.78 is 5.41. The van der Waals surface area contributed by atoms with Crippen LogP contribution in [-0.2, 0) is 9.53 Å². The molecule has 1 saturated heterocycles. The highest BCUT2D eigenvalue weighted by Gasteiger charge is 2.16. The van der Waals surface area contributed by atoms with Crippen LogP contribution in [0.2, 0.25) is 0 Å². The molecule has 0 atom stereocenters. The quantitative estimate of drug-likeness (QED) is 0.143. The molecule has 0 amide bonds. The Morgan fingerprint density at radius 1 is 1.23 bits per heavy atom. The third-order valence-electron chi connectivity index (χ3n) is 4.25. The molecule has 0 radical (unpaired) electrons. The van der Waals surface area contributed by atoms with Crippen LogP contribution in [0.5, 0.6) is 0 Å². The van der Waals surface area contributed by atoms with Crippen LogP contribution in [0, 0.1) is 0 Å². The Labute approximate surface area is 158 Å². The van der Waals surface area contributed by atoms with E-state index < -0.39 is 0 Å². The van der Waals surface area contributed by atoms with Gasteiger partial charge in [-0.1, -0.05) is 24.3 Å². The van der Waals surface area contributed by atoms with Crippen molar-refractivity contribution in [2.75, 3.05) is 20.3 Å². The van der Waals surface area contributed by atoms with E-state index >= 15 is 0 Å². The third-order valence-corrected chi connectivity index (χ3v) is 4.25. The van der Waals surface area contributed by atoms with Gasteiger partial charge in [-0.25, -0.2) is 4.99 Å². The molecule has 1 heterocycles. The smallest absolute Gasteiger partial charge is 0.152 e. The molecule has 4 nitrogen and oxygen atoms in total. The van der Waals surface area contributed by atoms with Gasteiger partial charge in [0, 0.05) is 31.9 Å². The Hall–Kier alpha value is -2.20. The summed E-state index contributed by atoms with van der Waals surface area (Å²) in [6, 6.07) is 0.431. The Morgan fingerprint density at radius 2 is 1.92 bits per heavy atom. The number of nitrogens with zero attached hydrogens (tertiary/aromatic N) is 2. The summed E-state index contributed by atoms with van der Waals surface area (Å²) >= 11 is 0. The summed E-state index contributed by atoms with van der Waals surface area (Å²) in [5, 5.41) is 0. The minimum Gasteiger partial charge on any atom is -0.381 e. The van der Waals surface area contributed by atoms with Crippen LogP contribution in [0.4, 0.5) is 0 Å². The second kappa shape index (κ2) is 13.1. The first-order valence-electron chi connectivity index (χ1n) is 9.26. The van der Waals surface area contributed by atoms with Gasteiger partial charge >= 0.3 is 0 Å². The van der Waals surface area contributed by atoms with Crippen LogP contribution >= 0.6 is 0 Å². The van der Waals surface area contributed by atoms with Crippen molar-refractivity contribution in [1.82, 2.24) is 4.90 Å². The predicted octanol–water partition coefficient (Wildman–Crippen LogP) is 4.62. The Kier molecular flexibility index (Phi) is 11.0. The fourth-order valence-corrected chi connectivity index (χ4v) is 2.77. The minimum atomic E-state index is 0.431. The van der Waals surface area contributed by atoms with E-state index in [4.69, 9.17) is 4.74 Å². The van der Waals surface area contributed by atoms with E-state index in [0.29, 0.717) is 17.3 Å². The van der Waals surface area contributed by atoms with E-state index in [9.17, 15) is 4.79 Å². The summed E-state index contributed by atoms with van der Waals surface area (Å²) in [4.78, 5) is 18.4. The van der Waals surface area contributed by atoms with Crippen LogP contribution in [0.25, 0.3) is 0 Å². The van der Waals surface area contributed by atoms with Crippen LogP contribution < -0.4 is 0 Å². The van der Waals surface area contributed by atoms with Gasteiger partial charge in [-0.15, -0.1) is 6.58 Å².